The van der Waals surface area contributed by atoms with E-state index in [1.54, 1.807) is 0 Å². The van der Waals surface area contributed by atoms with Crippen LogP contribution in [0.1, 0.15) is 19.6 Å². The number of furan rings is 1. The van der Waals surface area contributed by atoms with Gasteiger partial charge < -0.3 is 9.73 Å². The summed E-state index contributed by atoms with van der Waals surface area (Å²) < 4.78 is 71.6. The largest absolute Gasteiger partial charge is 0.460 e. The molecule has 0 bridgehead atoms. The van der Waals surface area contributed by atoms with Gasteiger partial charge in [-0.15, -0.1) is 0 Å². The molecule has 2 rings (SSSR count). The summed E-state index contributed by atoms with van der Waals surface area (Å²) in [5.74, 6) is -10.1. The molecule has 0 atom stereocenters. The average Bonchev–Trinajstić information content (AvgIpc) is 2.89. The van der Waals surface area contributed by atoms with Crippen molar-refractivity contribution in [3.05, 3.63) is 47.0 Å². The maximum atomic E-state index is 13.6. The monoisotopic (exact) mass is 305 g/mol. The third-order valence-corrected chi connectivity index (χ3v) is 2.80. The van der Waals surface area contributed by atoms with Crippen LogP contribution >= 0.6 is 0 Å². The van der Waals surface area contributed by atoms with Gasteiger partial charge in [0.15, 0.2) is 23.3 Å². The first-order valence-corrected chi connectivity index (χ1v) is 6.16. The molecule has 0 saturated carbocycles. The molecule has 0 aliphatic rings. The molecular formula is C14H12F5NO. The zero-order valence-electron chi connectivity index (χ0n) is 11.2. The Bertz CT molecular complexity index is 637. The van der Waals surface area contributed by atoms with Gasteiger partial charge in [0, 0.05) is 6.04 Å². The Hall–Kier alpha value is -1.89. The van der Waals surface area contributed by atoms with Crippen molar-refractivity contribution in [1.82, 2.24) is 5.32 Å². The van der Waals surface area contributed by atoms with Crippen LogP contribution in [0.5, 0.6) is 0 Å². The first kappa shape index (κ1) is 15.5. The summed E-state index contributed by atoms with van der Waals surface area (Å²) in [6, 6.07) is 2.71. The van der Waals surface area contributed by atoms with Crippen molar-refractivity contribution in [3.8, 4) is 11.3 Å². The summed E-state index contributed by atoms with van der Waals surface area (Å²) in [6.07, 6.45) is 0. The Labute approximate surface area is 117 Å². The van der Waals surface area contributed by atoms with Crippen LogP contribution in [0.15, 0.2) is 16.5 Å². The number of hydrogen-bond acceptors (Lipinski definition) is 2. The van der Waals surface area contributed by atoms with Gasteiger partial charge in [-0.3, -0.25) is 0 Å². The van der Waals surface area contributed by atoms with E-state index in [1.807, 2.05) is 13.8 Å². The number of benzene rings is 1. The summed E-state index contributed by atoms with van der Waals surface area (Å²) in [5.41, 5.74) is -1.07. The molecule has 114 valence electrons. The van der Waals surface area contributed by atoms with Crippen LogP contribution in [0.2, 0.25) is 0 Å². The first-order valence-electron chi connectivity index (χ1n) is 6.16. The van der Waals surface area contributed by atoms with E-state index in [0.717, 1.165) is 6.07 Å². The predicted octanol–water partition coefficient (Wildman–Crippen LogP) is 4.14. The molecule has 2 nitrogen and oxygen atoms in total. The summed E-state index contributed by atoms with van der Waals surface area (Å²) >= 11 is 0. The highest BCUT2D eigenvalue weighted by Crippen LogP contribution is 2.32. The summed E-state index contributed by atoms with van der Waals surface area (Å²) in [6.45, 7) is 4.04. The van der Waals surface area contributed by atoms with Crippen LogP contribution in [0.3, 0.4) is 0 Å². The minimum absolute atomic E-state index is 0.146. The smallest absolute Gasteiger partial charge is 0.200 e. The normalized spacial score (nSPS) is 11.4. The van der Waals surface area contributed by atoms with E-state index in [4.69, 9.17) is 4.42 Å². The van der Waals surface area contributed by atoms with E-state index >= 15 is 0 Å². The predicted molar refractivity (Wildman–Crippen MR) is 65.9 cm³/mol. The van der Waals surface area contributed by atoms with Crippen LogP contribution in [-0.4, -0.2) is 6.04 Å². The Kier molecular flexibility index (Phi) is 4.32. The highest BCUT2D eigenvalue weighted by Gasteiger charge is 2.28. The molecule has 1 aromatic heterocycles. The Morgan fingerprint density at radius 2 is 1.43 bits per heavy atom. The average molecular weight is 305 g/mol. The molecule has 1 aromatic carbocycles. The summed E-state index contributed by atoms with van der Waals surface area (Å²) in [4.78, 5) is 0. The molecule has 0 aliphatic heterocycles. The van der Waals surface area contributed by atoms with Crippen LogP contribution in [0.25, 0.3) is 11.3 Å². The Morgan fingerprint density at radius 3 is 1.95 bits per heavy atom. The summed E-state index contributed by atoms with van der Waals surface area (Å²) in [7, 11) is 0. The molecule has 1 heterocycles. The molecule has 0 aliphatic carbocycles. The number of halogens is 5. The lowest BCUT2D eigenvalue weighted by Crippen LogP contribution is -2.21. The van der Waals surface area contributed by atoms with E-state index in [0.29, 0.717) is 5.76 Å². The first-order chi connectivity index (χ1) is 9.82. The molecule has 1 N–H and O–H groups in total. The van der Waals surface area contributed by atoms with Crippen molar-refractivity contribution in [1.29, 1.82) is 0 Å². The van der Waals surface area contributed by atoms with Gasteiger partial charge in [0.1, 0.15) is 11.5 Å². The molecule has 0 spiro atoms. The third-order valence-electron chi connectivity index (χ3n) is 2.80. The minimum atomic E-state index is -2.19. The molecule has 0 unspecified atom stereocenters. The number of rotatable bonds is 4. The van der Waals surface area contributed by atoms with Crippen LogP contribution < -0.4 is 5.32 Å². The fraction of sp³-hybridized carbons (Fsp3) is 0.286. The number of hydrogen-bond donors (Lipinski definition) is 1. The lowest BCUT2D eigenvalue weighted by molar-refractivity contribution is 0.377. The van der Waals surface area contributed by atoms with E-state index in [-0.39, 0.29) is 12.6 Å². The van der Waals surface area contributed by atoms with E-state index in [1.165, 1.54) is 6.07 Å². The van der Waals surface area contributed by atoms with Crippen molar-refractivity contribution in [3.63, 3.8) is 0 Å². The number of nitrogens with one attached hydrogen (secondary N) is 1. The van der Waals surface area contributed by atoms with E-state index in [9.17, 15) is 22.0 Å². The minimum Gasteiger partial charge on any atom is -0.460 e. The topological polar surface area (TPSA) is 25.2 Å². The molecular weight excluding hydrogens is 293 g/mol. The molecule has 7 heteroatoms. The third kappa shape index (κ3) is 2.92. The van der Waals surface area contributed by atoms with Gasteiger partial charge in [-0.2, -0.15) is 0 Å². The van der Waals surface area contributed by atoms with E-state index in [2.05, 4.69) is 5.32 Å². The maximum absolute atomic E-state index is 13.6. The summed E-state index contributed by atoms with van der Waals surface area (Å²) in [5, 5.41) is 3.00. The highest BCUT2D eigenvalue weighted by atomic mass is 19.2. The van der Waals surface area contributed by atoms with Gasteiger partial charge in [0.2, 0.25) is 5.82 Å². The molecule has 2 aromatic rings. The molecule has 21 heavy (non-hydrogen) atoms. The van der Waals surface area contributed by atoms with Gasteiger partial charge in [0.25, 0.3) is 0 Å². The molecule has 0 radical (unpaired) electrons. The second-order valence-electron chi connectivity index (χ2n) is 4.75. The quantitative estimate of drug-likeness (QED) is 0.522. The Balaban J connectivity index is 2.43. The second-order valence-corrected chi connectivity index (χ2v) is 4.75. The van der Waals surface area contributed by atoms with Crippen LogP contribution in [-0.2, 0) is 6.54 Å². The van der Waals surface area contributed by atoms with Crippen LogP contribution in [0, 0.1) is 29.1 Å². The van der Waals surface area contributed by atoms with Gasteiger partial charge in [0.05, 0.1) is 12.1 Å². The van der Waals surface area contributed by atoms with Crippen molar-refractivity contribution < 1.29 is 26.4 Å². The zero-order valence-corrected chi connectivity index (χ0v) is 11.2. The van der Waals surface area contributed by atoms with Gasteiger partial charge in [-0.1, -0.05) is 13.8 Å². The van der Waals surface area contributed by atoms with Crippen molar-refractivity contribution in [2.24, 2.45) is 0 Å². The van der Waals surface area contributed by atoms with Crippen molar-refractivity contribution in [2.75, 3.05) is 0 Å². The lowest BCUT2D eigenvalue weighted by atomic mass is 10.1. The maximum Gasteiger partial charge on any atom is 0.200 e. The van der Waals surface area contributed by atoms with E-state index < -0.39 is 40.4 Å². The highest BCUT2D eigenvalue weighted by molar-refractivity contribution is 5.60. The zero-order chi connectivity index (χ0) is 15.7. The van der Waals surface area contributed by atoms with Gasteiger partial charge >= 0.3 is 0 Å². The van der Waals surface area contributed by atoms with Crippen molar-refractivity contribution >= 4 is 0 Å². The Morgan fingerprint density at radius 1 is 0.905 bits per heavy atom. The van der Waals surface area contributed by atoms with Crippen molar-refractivity contribution in [2.45, 2.75) is 26.4 Å². The van der Waals surface area contributed by atoms with Crippen LogP contribution in [0.4, 0.5) is 22.0 Å². The van der Waals surface area contributed by atoms with Gasteiger partial charge in [-0.05, 0) is 12.1 Å². The lowest BCUT2D eigenvalue weighted by Gasteiger charge is -2.07. The molecule has 0 saturated heterocycles. The SMILES string of the molecule is CC(C)NCc1ccc(-c2c(F)c(F)c(F)c(F)c2F)o1. The fourth-order valence-electron chi connectivity index (χ4n) is 1.73. The van der Waals surface area contributed by atoms with Gasteiger partial charge in [-0.25, -0.2) is 22.0 Å². The fourth-order valence-corrected chi connectivity index (χ4v) is 1.73. The molecule has 0 fully saturated rings. The standard InChI is InChI=1S/C14H12F5NO/c1-6(2)20-5-7-3-4-8(21-7)9-10(15)12(17)14(19)13(18)11(9)16/h3-4,6,20H,5H2,1-2H3. The molecule has 0 amide bonds. The second kappa shape index (κ2) is 5.85.